The number of methoxy groups -OCH3 is 1. The van der Waals surface area contributed by atoms with Gasteiger partial charge >= 0.3 is 12.0 Å². The standard InChI is InChI=1S/C18H22N2O4/c1-24-16-12-6-13-9-20(15(16)14(13)7-12)18(23)19-8-10-2-4-11(5-3-10)17(21)22/h2-5,12-16H,6-9H2,1H3,(H,19,23)(H,21,22)/t12-,13+,14-,15-,16+/m0/s1. The molecule has 1 heterocycles. The molecule has 128 valence electrons. The number of carboxylic acids is 1. The molecule has 2 bridgehead atoms. The van der Waals surface area contributed by atoms with Gasteiger partial charge in [-0.15, -0.1) is 0 Å². The minimum atomic E-state index is -0.945. The van der Waals surface area contributed by atoms with Crippen molar-refractivity contribution >= 4 is 12.0 Å². The van der Waals surface area contributed by atoms with E-state index in [2.05, 4.69) is 5.32 Å². The van der Waals surface area contributed by atoms with Crippen LogP contribution < -0.4 is 5.32 Å². The second-order valence-electron chi connectivity index (χ2n) is 7.16. The Morgan fingerprint density at radius 3 is 2.67 bits per heavy atom. The lowest BCUT2D eigenvalue weighted by atomic mass is 9.88. The normalized spacial score (nSPS) is 33.0. The SMILES string of the molecule is CO[C@@H]1[C@H]2C[C@@H]3CN(C(=O)NCc4ccc(C(=O)O)cc4)[C@H]1[C@H]3C2. The topological polar surface area (TPSA) is 78.9 Å². The lowest BCUT2D eigenvalue weighted by Crippen LogP contribution is -2.48. The number of urea groups is 1. The lowest BCUT2D eigenvalue weighted by molar-refractivity contribution is 0.0189. The number of carboxylic acid groups (broad SMARTS) is 1. The minimum Gasteiger partial charge on any atom is -0.478 e. The zero-order chi connectivity index (χ0) is 16.8. The van der Waals surface area contributed by atoms with Crippen LogP contribution in [0.15, 0.2) is 24.3 Å². The fraction of sp³-hybridized carbons (Fsp3) is 0.556. The maximum atomic E-state index is 12.6. The Labute approximate surface area is 140 Å². The fourth-order valence-electron chi connectivity index (χ4n) is 5.00. The first kappa shape index (κ1) is 15.4. The number of likely N-dealkylation sites (tertiary alicyclic amines) is 1. The number of benzene rings is 1. The molecule has 0 radical (unpaired) electrons. The number of hydrogen-bond donors (Lipinski definition) is 2. The van der Waals surface area contributed by atoms with Gasteiger partial charge in [0.05, 0.1) is 17.7 Å². The zero-order valence-electron chi connectivity index (χ0n) is 13.6. The summed E-state index contributed by atoms with van der Waals surface area (Å²) < 4.78 is 5.68. The van der Waals surface area contributed by atoms with Gasteiger partial charge in [-0.2, -0.15) is 0 Å². The van der Waals surface area contributed by atoms with Gasteiger partial charge in [0.2, 0.25) is 0 Å². The molecule has 0 aromatic heterocycles. The molecule has 4 rings (SSSR count). The van der Waals surface area contributed by atoms with Gasteiger partial charge in [-0.3, -0.25) is 0 Å². The molecule has 24 heavy (non-hydrogen) atoms. The predicted octanol–water partition coefficient (Wildman–Crippen LogP) is 1.95. The van der Waals surface area contributed by atoms with E-state index >= 15 is 0 Å². The molecule has 3 fully saturated rings. The quantitative estimate of drug-likeness (QED) is 0.884. The van der Waals surface area contributed by atoms with Gasteiger partial charge in [0.1, 0.15) is 0 Å². The monoisotopic (exact) mass is 330 g/mol. The molecule has 2 saturated carbocycles. The highest BCUT2D eigenvalue weighted by molar-refractivity contribution is 5.87. The molecule has 1 aromatic carbocycles. The molecule has 3 aliphatic rings. The van der Waals surface area contributed by atoms with Crippen LogP contribution in [0.1, 0.15) is 28.8 Å². The number of fused-ring (bicyclic) bond motifs is 1. The average molecular weight is 330 g/mol. The van der Waals surface area contributed by atoms with Gasteiger partial charge in [0, 0.05) is 20.2 Å². The van der Waals surface area contributed by atoms with Gasteiger partial charge in [-0.25, -0.2) is 9.59 Å². The molecule has 2 amide bonds. The fourth-order valence-corrected chi connectivity index (χ4v) is 5.00. The Hall–Kier alpha value is -2.08. The number of ether oxygens (including phenoxy) is 1. The summed E-state index contributed by atoms with van der Waals surface area (Å²) in [7, 11) is 1.75. The zero-order valence-corrected chi connectivity index (χ0v) is 13.6. The summed E-state index contributed by atoms with van der Waals surface area (Å²) in [6.07, 6.45) is 2.54. The Bertz CT molecular complexity index is 657. The van der Waals surface area contributed by atoms with Crippen LogP contribution in [-0.4, -0.2) is 47.8 Å². The number of nitrogens with zero attached hydrogens (tertiary/aromatic N) is 1. The first-order valence-electron chi connectivity index (χ1n) is 8.48. The number of aromatic carboxylic acids is 1. The Balaban J connectivity index is 1.39. The highest BCUT2D eigenvalue weighted by Gasteiger charge is 2.60. The van der Waals surface area contributed by atoms with E-state index in [4.69, 9.17) is 9.84 Å². The van der Waals surface area contributed by atoms with E-state index in [1.54, 1.807) is 31.4 Å². The summed E-state index contributed by atoms with van der Waals surface area (Å²) in [5.74, 6) is 0.892. The van der Waals surface area contributed by atoms with Crippen LogP contribution in [0.3, 0.4) is 0 Å². The first-order valence-corrected chi connectivity index (χ1v) is 8.48. The minimum absolute atomic E-state index is 0.0422. The second-order valence-corrected chi connectivity index (χ2v) is 7.16. The van der Waals surface area contributed by atoms with E-state index in [0.717, 1.165) is 12.1 Å². The summed E-state index contributed by atoms with van der Waals surface area (Å²) in [6, 6.07) is 6.76. The third-order valence-corrected chi connectivity index (χ3v) is 5.99. The van der Waals surface area contributed by atoms with Crippen molar-refractivity contribution in [1.29, 1.82) is 0 Å². The molecule has 1 aromatic rings. The number of carbonyl (C=O) groups is 2. The van der Waals surface area contributed by atoms with Gasteiger partial charge < -0.3 is 20.1 Å². The number of rotatable bonds is 4. The van der Waals surface area contributed by atoms with E-state index in [9.17, 15) is 9.59 Å². The van der Waals surface area contributed by atoms with Crippen LogP contribution in [0, 0.1) is 17.8 Å². The highest BCUT2D eigenvalue weighted by atomic mass is 16.5. The molecule has 6 nitrogen and oxygen atoms in total. The van der Waals surface area contributed by atoms with Crippen LogP contribution in [0.4, 0.5) is 4.79 Å². The van der Waals surface area contributed by atoms with Crippen molar-refractivity contribution in [2.24, 2.45) is 17.8 Å². The van der Waals surface area contributed by atoms with E-state index in [1.165, 1.54) is 12.8 Å². The van der Waals surface area contributed by atoms with E-state index in [0.29, 0.717) is 24.3 Å². The molecule has 0 unspecified atom stereocenters. The van der Waals surface area contributed by atoms with Crippen molar-refractivity contribution < 1.29 is 19.4 Å². The van der Waals surface area contributed by atoms with Crippen molar-refractivity contribution in [3.63, 3.8) is 0 Å². The van der Waals surface area contributed by atoms with Crippen molar-refractivity contribution in [2.45, 2.75) is 31.5 Å². The van der Waals surface area contributed by atoms with Crippen LogP contribution >= 0.6 is 0 Å². The van der Waals surface area contributed by atoms with Gasteiger partial charge in [0.15, 0.2) is 0 Å². The molecule has 2 aliphatic carbocycles. The molecular formula is C18H22N2O4. The highest BCUT2D eigenvalue weighted by Crippen LogP contribution is 2.55. The third-order valence-electron chi connectivity index (χ3n) is 5.99. The van der Waals surface area contributed by atoms with Crippen molar-refractivity contribution in [1.82, 2.24) is 10.2 Å². The molecule has 6 heteroatoms. The van der Waals surface area contributed by atoms with Gasteiger partial charge in [0.25, 0.3) is 0 Å². The van der Waals surface area contributed by atoms with Crippen molar-refractivity contribution in [3.8, 4) is 0 Å². The smallest absolute Gasteiger partial charge is 0.335 e. The maximum absolute atomic E-state index is 12.6. The third kappa shape index (κ3) is 2.36. The number of carbonyl (C=O) groups excluding carboxylic acids is 1. The summed E-state index contributed by atoms with van der Waals surface area (Å²) >= 11 is 0. The molecule has 1 aliphatic heterocycles. The molecule has 1 saturated heterocycles. The maximum Gasteiger partial charge on any atom is 0.335 e. The van der Waals surface area contributed by atoms with E-state index in [-0.39, 0.29) is 23.7 Å². The Kier molecular flexibility index (Phi) is 3.72. The Morgan fingerprint density at radius 2 is 2.00 bits per heavy atom. The average Bonchev–Trinajstić information content (AvgIpc) is 3.20. The molecular weight excluding hydrogens is 308 g/mol. The lowest BCUT2D eigenvalue weighted by Gasteiger charge is -2.31. The largest absolute Gasteiger partial charge is 0.478 e. The van der Waals surface area contributed by atoms with Crippen LogP contribution in [0.2, 0.25) is 0 Å². The van der Waals surface area contributed by atoms with Gasteiger partial charge in [-0.05, 0) is 48.3 Å². The Morgan fingerprint density at radius 1 is 1.25 bits per heavy atom. The number of amides is 2. The van der Waals surface area contributed by atoms with Crippen molar-refractivity contribution in [2.75, 3.05) is 13.7 Å². The van der Waals surface area contributed by atoms with Crippen LogP contribution in [-0.2, 0) is 11.3 Å². The number of hydrogen-bond acceptors (Lipinski definition) is 3. The summed E-state index contributed by atoms with van der Waals surface area (Å²) in [6.45, 7) is 1.23. The number of nitrogens with one attached hydrogen (secondary N) is 1. The second kappa shape index (κ2) is 5.77. The molecule has 5 atom stereocenters. The van der Waals surface area contributed by atoms with Crippen molar-refractivity contribution in [3.05, 3.63) is 35.4 Å². The van der Waals surface area contributed by atoms with Crippen LogP contribution in [0.25, 0.3) is 0 Å². The van der Waals surface area contributed by atoms with Gasteiger partial charge in [-0.1, -0.05) is 12.1 Å². The summed E-state index contributed by atoms with van der Waals surface area (Å²) in [5.41, 5.74) is 1.14. The van der Waals surface area contributed by atoms with E-state index < -0.39 is 5.97 Å². The molecule has 0 spiro atoms. The van der Waals surface area contributed by atoms with Crippen LogP contribution in [0.5, 0.6) is 0 Å². The summed E-state index contributed by atoms with van der Waals surface area (Å²) in [4.78, 5) is 25.5. The predicted molar refractivity (Wildman–Crippen MR) is 86.6 cm³/mol. The molecule has 2 N–H and O–H groups in total. The first-order chi connectivity index (χ1) is 11.6. The van der Waals surface area contributed by atoms with E-state index in [1.807, 2.05) is 4.90 Å². The summed E-state index contributed by atoms with van der Waals surface area (Å²) in [5, 5.41) is 11.9.